The lowest BCUT2D eigenvalue weighted by Gasteiger charge is -2.21. The van der Waals surface area contributed by atoms with Gasteiger partial charge in [0, 0.05) is 12.1 Å². The van der Waals surface area contributed by atoms with Gasteiger partial charge in [0.1, 0.15) is 5.82 Å². The zero-order chi connectivity index (χ0) is 21.2. The number of benzene rings is 3. The first-order chi connectivity index (χ1) is 15.2. The molecule has 3 aromatic carbocycles. The zero-order valence-electron chi connectivity index (χ0n) is 16.5. The summed E-state index contributed by atoms with van der Waals surface area (Å²) >= 11 is 0. The van der Waals surface area contributed by atoms with E-state index in [2.05, 4.69) is 20.4 Å². The summed E-state index contributed by atoms with van der Waals surface area (Å²) in [6, 6.07) is 22.6. The SMILES string of the molecule is [O-]N(O)c1ccc(C2CC(c3ccc(NCc4nc5ccccc5[nH]4)cc3)=NO2)cc1. The molecule has 31 heavy (non-hydrogen) atoms. The van der Waals surface area contributed by atoms with Crippen LogP contribution in [0.4, 0.5) is 11.4 Å². The molecule has 2 heterocycles. The quantitative estimate of drug-likeness (QED) is 0.394. The summed E-state index contributed by atoms with van der Waals surface area (Å²) < 4.78 is 0. The molecule has 0 amide bonds. The van der Waals surface area contributed by atoms with E-state index in [4.69, 9.17) is 10.0 Å². The molecule has 0 aliphatic carbocycles. The van der Waals surface area contributed by atoms with E-state index in [1.54, 1.807) is 24.3 Å². The molecule has 0 fully saturated rings. The van der Waals surface area contributed by atoms with Gasteiger partial charge < -0.3 is 25.6 Å². The summed E-state index contributed by atoms with van der Waals surface area (Å²) in [5, 5.41) is 27.3. The number of para-hydroxylation sites is 2. The number of H-pyrrole nitrogens is 1. The molecular formula is C23H20N5O3-. The van der Waals surface area contributed by atoms with Crippen molar-refractivity contribution < 1.29 is 10.0 Å². The van der Waals surface area contributed by atoms with Crippen LogP contribution in [-0.4, -0.2) is 20.9 Å². The number of imidazole rings is 1. The summed E-state index contributed by atoms with van der Waals surface area (Å²) in [6.07, 6.45) is 0.416. The van der Waals surface area contributed by atoms with Crippen LogP contribution >= 0.6 is 0 Å². The van der Waals surface area contributed by atoms with Crippen LogP contribution in [0.3, 0.4) is 0 Å². The molecule has 4 aromatic rings. The molecule has 1 aliphatic heterocycles. The number of hydrogen-bond donors (Lipinski definition) is 3. The molecule has 3 N–H and O–H groups in total. The second kappa shape index (κ2) is 8.10. The van der Waals surface area contributed by atoms with Crippen LogP contribution < -0.4 is 10.5 Å². The molecule has 1 unspecified atom stereocenters. The molecule has 1 aromatic heterocycles. The van der Waals surface area contributed by atoms with Gasteiger partial charge in [0.2, 0.25) is 0 Å². The Labute approximate surface area is 178 Å². The summed E-state index contributed by atoms with van der Waals surface area (Å²) in [6.45, 7) is 0.602. The fraction of sp³-hybridized carbons (Fsp3) is 0.130. The summed E-state index contributed by atoms with van der Waals surface area (Å²) in [5.41, 5.74) is 5.91. The van der Waals surface area contributed by atoms with E-state index in [0.717, 1.165) is 39.4 Å². The van der Waals surface area contributed by atoms with Crippen LogP contribution in [0.25, 0.3) is 11.0 Å². The lowest BCUT2D eigenvalue weighted by atomic mass is 10.00. The third-order valence-electron chi connectivity index (χ3n) is 5.27. The fourth-order valence-corrected chi connectivity index (χ4v) is 3.60. The summed E-state index contributed by atoms with van der Waals surface area (Å²) in [4.78, 5) is 13.5. The molecule has 1 aliphatic rings. The Morgan fingerprint density at radius 2 is 1.84 bits per heavy atom. The number of rotatable bonds is 6. The maximum Gasteiger partial charge on any atom is 0.158 e. The van der Waals surface area contributed by atoms with Crippen molar-refractivity contribution in [2.45, 2.75) is 19.1 Å². The second-order valence-electron chi connectivity index (χ2n) is 7.33. The fourth-order valence-electron chi connectivity index (χ4n) is 3.60. The zero-order valence-corrected chi connectivity index (χ0v) is 16.5. The number of aromatic nitrogens is 2. The van der Waals surface area contributed by atoms with Gasteiger partial charge in [-0.15, -0.1) is 0 Å². The smallest absolute Gasteiger partial charge is 0.158 e. The van der Waals surface area contributed by atoms with Crippen molar-refractivity contribution in [3.8, 4) is 0 Å². The standard InChI is InChI=1S/C23H20N5O3/c29-28(30)18-11-7-16(8-12-18)22-13-21(27-31-22)15-5-9-17(10-6-15)24-14-23-25-19-3-1-2-4-20(19)26-23/h1-12,22,24,29H,13-14H2,(H,25,26)/q-1. The van der Waals surface area contributed by atoms with E-state index >= 15 is 0 Å². The van der Waals surface area contributed by atoms with Crippen molar-refractivity contribution in [3.05, 3.63) is 95.0 Å². The first-order valence-corrected chi connectivity index (χ1v) is 9.92. The number of nitrogens with zero attached hydrogens (tertiary/aromatic N) is 3. The molecule has 0 bridgehead atoms. The van der Waals surface area contributed by atoms with Crippen molar-refractivity contribution in [2.24, 2.45) is 5.16 Å². The van der Waals surface area contributed by atoms with Crippen LogP contribution in [0.5, 0.6) is 0 Å². The predicted octanol–water partition coefficient (Wildman–Crippen LogP) is 4.73. The molecule has 0 spiro atoms. The Kier molecular flexibility index (Phi) is 4.99. The van der Waals surface area contributed by atoms with E-state index < -0.39 is 0 Å². The Balaban J connectivity index is 1.20. The topological polar surface area (TPSA) is 109 Å². The minimum absolute atomic E-state index is 0.162. The lowest BCUT2D eigenvalue weighted by Crippen LogP contribution is -2.07. The van der Waals surface area contributed by atoms with E-state index in [9.17, 15) is 5.21 Å². The van der Waals surface area contributed by atoms with Crippen molar-refractivity contribution in [1.82, 2.24) is 9.97 Å². The molecule has 1 atom stereocenters. The number of nitrogens with one attached hydrogen (secondary N) is 2. The highest BCUT2D eigenvalue weighted by molar-refractivity contribution is 6.01. The van der Waals surface area contributed by atoms with Crippen LogP contribution in [0.2, 0.25) is 0 Å². The van der Waals surface area contributed by atoms with E-state index in [1.807, 2.05) is 48.5 Å². The van der Waals surface area contributed by atoms with Gasteiger partial charge in [-0.05, 0) is 47.5 Å². The van der Waals surface area contributed by atoms with Crippen molar-refractivity contribution in [2.75, 3.05) is 10.5 Å². The Morgan fingerprint density at radius 1 is 1.06 bits per heavy atom. The minimum atomic E-state index is -0.214. The van der Waals surface area contributed by atoms with Gasteiger partial charge in [0.15, 0.2) is 6.10 Å². The maximum atomic E-state index is 10.9. The number of oxime groups is 1. The first-order valence-electron chi connectivity index (χ1n) is 9.92. The molecule has 156 valence electrons. The lowest BCUT2D eigenvalue weighted by molar-refractivity contribution is 0.0857. The summed E-state index contributed by atoms with van der Waals surface area (Å²) in [7, 11) is 0. The minimum Gasteiger partial charge on any atom is -0.733 e. The second-order valence-corrected chi connectivity index (χ2v) is 7.33. The van der Waals surface area contributed by atoms with Crippen molar-refractivity contribution in [3.63, 3.8) is 0 Å². The molecule has 8 nitrogen and oxygen atoms in total. The van der Waals surface area contributed by atoms with Crippen LogP contribution in [-0.2, 0) is 11.4 Å². The molecule has 5 rings (SSSR count). The van der Waals surface area contributed by atoms with E-state index in [-0.39, 0.29) is 17.0 Å². The van der Waals surface area contributed by atoms with Crippen molar-refractivity contribution >= 4 is 28.1 Å². The monoisotopic (exact) mass is 414 g/mol. The van der Waals surface area contributed by atoms with Gasteiger partial charge in [-0.3, -0.25) is 5.21 Å². The van der Waals surface area contributed by atoms with Gasteiger partial charge >= 0.3 is 0 Å². The first kappa shape index (κ1) is 19.1. The van der Waals surface area contributed by atoms with Gasteiger partial charge in [-0.2, -0.15) is 0 Å². The third kappa shape index (κ3) is 4.07. The highest BCUT2D eigenvalue weighted by atomic mass is 16.8. The Morgan fingerprint density at radius 3 is 2.58 bits per heavy atom. The van der Waals surface area contributed by atoms with Gasteiger partial charge in [0.25, 0.3) is 0 Å². The molecule has 0 saturated carbocycles. The van der Waals surface area contributed by atoms with Gasteiger partial charge in [-0.1, -0.05) is 41.6 Å². The summed E-state index contributed by atoms with van der Waals surface area (Å²) in [5.74, 6) is 0.883. The van der Waals surface area contributed by atoms with Gasteiger partial charge in [0.05, 0.1) is 29.0 Å². The largest absolute Gasteiger partial charge is 0.733 e. The molecule has 8 heteroatoms. The molecule has 0 radical (unpaired) electrons. The predicted molar refractivity (Wildman–Crippen MR) is 119 cm³/mol. The highest BCUT2D eigenvalue weighted by Crippen LogP contribution is 2.30. The van der Waals surface area contributed by atoms with Gasteiger partial charge in [-0.25, -0.2) is 4.98 Å². The number of fused-ring (bicyclic) bond motifs is 1. The number of aromatic amines is 1. The Bertz CT molecular complexity index is 1180. The van der Waals surface area contributed by atoms with E-state index in [1.165, 1.54) is 0 Å². The number of hydrogen-bond acceptors (Lipinski definition) is 7. The van der Waals surface area contributed by atoms with Crippen LogP contribution in [0.15, 0.2) is 78.0 Å². The molecular weight excluding hydrogens is 394 g/mol. The number of anilines is 2. The average molecular weight is 414 g/mol. The maximum absolute atomic E-state index is 10.9. The third-order valence-corrected chi connectivity index (χ3v) is 5.27. The molecule has 0 saturated heterocycles. The normalized spacial score (nSPS) is 15.5. The van der Waals surface area contributed by atoms with Crippen LogP contribution in [0, 0.1) is 5.21 Å². The average Bonchev–Trinajstić information content (AvgIpc) is 3.45. The van der Waals surface area contributed by atoms with Crippen LogP contribution in [0.1, 0.15) is 29.5 Å². The van der Waals surface area contributed by atoms with Crippen molar-refractivity contribution in [1.29, 1.82) is 0 Å². The highest BCUT2D eigenvalue weighted by Gasteiger charge is 2.23. The van der Waals surface area contributed by atoms with E-state index in [0.29, 0.717) is 13.0 Å². The Hall–Kier alpha value is -3.88.